The van der Waals surface area contributed by atoms with E-state index in [9.17, 15) is 13.4 Å². The van der Waals surface area contributed by atoms with Gasteiger partial charge in [-0.05, 0) is 48.5 Å². The van der Waals surface area contributed by atoms with Crippen LogP contribution in [0.5, 0.6) is 0 Å². The van der Waals surface area contributed by atoms with E-state index >= 15 is 0 Å². The van der Waals surface area contributed by atoms with Gasteiger partial charge in [0.2, 0.25) is 0 Å². The van der Waals surface area contributed by atoms with Crippen LogP contribution in [0.1, 0.15) is 21.5 Å². The van der Waals surface area contributed by atoms with E-state index in [0.717, 1.165) is 0 Å². The summed E-state index contributed by atoms with van der Waals surface area (Å²) in [7, 11) is -2.94. The van der Waals surface area contributed by atoms with Crippen LogP contribution in [-0.4, -0.2) is 21.4 Å². The number of halogens is 2. The van der Waals surface area contributed by atoms with E-state index in [1.54, 1.807) is 36.4 Å². The van der Waals surface area contributed by atoms with Gasteiger partial charge in [-0.2, -0.15) is 4.36 Å². The maximum atomic E-state index is 13.2. The van der Waals surface area contributed by atoms with Crippen LogP contribution < -0.4 is 0 Å². The van der Waals surface area contributed by atoms with E-state index in [1.165, 1.54) is 36.8 Å². The predicted molar refractivity (Wildman–Crippen MR) is 107 cm³/mol. The summed E-state index contributed by atoms with van der Waals surface area (Å²) in [6.45, 7) is 0. The summed E-state index contributed by atoms with van der Waals surface area (Å²) >= 11 is 5.83. The number of rotatable bonds is 2. The number of nitrogens with zero attached hydrogens (tertiary/aromatic N) is 2. The van der Waals surface area contributed by atoms with Gasteiger partial charge < -0.3 is 0 Å². The van der Waals surface area contributed by atoms with Crippen molar-refractivity contribution in [1.82, 2.24) is 4.98 Å². The van der Waals surface area contributed by atoms with Gasteiger partial charge in [0.15, 0.2) is 0 Å². The maximum Gasteiger partial charge on any atom is 0.286 e. The van der Waals surface area contributed by atoms with Gasteiger partial charge in [-0.3, -0.25) is 9.78 Å². The first kappa shape index (κ1) is 19.7. The lowest BCUT2D eigenvalue weighted by atomic mass is 10.1. The minimum atomic E-state index is -2.94. The average Bonchev–Trinajstić information content (AvgIpc) is 2.67. The van der Waals surface area contributed by atoms with Gasteiger partial charge in [-0.25, -0.2) is 8.60 Å². The topological polar surface area (TPSA) is 59.4 Å². The van der Waals surface area contributed by atoms with Crippen molar-refractivity contribution in [3.8, 4) is 11.8 Å². The molecule has 0 bridgehead atoms. The SMILES string of the molecule is CS(=O)(=NC(=O)c1cncc(C#Cc2cccc(F)c2)c1)c1ccc(Cl)cc1. The molecule has 0 aliphatic rings. The van der Waals surface area contributed by atoms with Gasteiger partial charge in [0.25, 0.3) is 5.91 Å². The molecule has 3 rings (SSSR count). The molecule has 1 heterocycles. The summed E-state index contributed by atoms with van der Waals surface area (Å²) < 4.78 is 29.9. The second-order valence-corrected chi connectivity index (χ2v) is 8.57. The summed E-state index contributed by atoms with van der Waals surface area (Å²) in [5.41, 5.74) is 1.12. The lowest BCUT2D eigenvalue weighted by molar-refractivity contribution is 0.100. The zero-order chi connectivity index (χ0) is 20.1. The fourth-order valence-corrected chi connectivity index (χ4v) is 3.58. The van der Waals surface area contributed by atoms with Crippen molar-refractivity contribution in [1.29, 1.82) is 0 Å². The van der Waals surface area contributed by atoms with Gasteiger partial charge in [0.05, 0.1) is 15.3 Å². The average molecular weight is 413 g/mol. The second kappa shape index (κ2) is 8.34. The third kappa shape index (κ3) is 5.03. The van der Waals surface area contributed by atoms with Gasteiger partial charge in [-0.15, -0.1) is 0 Å². The highest BCUT2D eigenvalue weighted by atomic mass is 35.5. The van der Waals surface area contributed by atoms with Crippen molar-refractivity contribution >= 4 is 27.2 Å². The van der Waals surface area contributed by atoms with E-state index in [0.29, 0.717) is 21.0 Å². The number of carbonyl (C=O) groups is 1. The van der Waals surface area contributed by atoms with Crippen molar-refractivity contribution in [3.63, 3.8) is 0 Å². The highest BCUT2D eigenvalue weighted by Crippen LogP contribution is 2.17. The second-order valence-electron chi connectivity index (χ2n) is 5.88. The quantitative estimate of drug-likeness (QED) is 0.579. The largest absolute Gasteiger partial charge is 0.286 e. The maximum absolute atomic E-state index is 13.2. The molecule has 4 nitrogen and oxygen atoms in total. The van der Waals surface area contributed by atoms with Crippen LogP contribution in [0.4, 0.5) is 4.39 Å². The Hall–Kier alpha value is -3.01. The zero-order valence-corrected chi connectivity index (χ0v) is 16.3. The van der Waals surface area contributed by atoms with Crippen LogP contribution in [0, 0.1) is 17.7 Å². The molecule has 1 atom stereocenters. The molecule has 0 aliphatic carbocycles. The molecule has 2 aromatic carbocycles. The van der Waals surface area contributed by atoms with Crippen LogP contribution in [0.15, 0.2) is 76.2 Å². The third-order valence-electron chi connectivity index (χ3n) is 3.67. The van der Waals surface area contributed by atoms with Crippen molar-refractivity contribution < 1.29 is 13.4 Å². The monoisotopic (exact) mass is 412 g/mol. The molecule has 7 heteroatoms. The Bertz CT molecular complexity index is 1220. The van der Waals surface area contributed by atoms with Crippen LogP contribution in [0.25, 0.3) is 0 Å². The van der Waals surface area contributed by atoms with Crippen LogP contribution in [0.2, 0.25) is 5.02 Å². The molecule has 3 aromatic rings. The first-order valence-electron chi connectivity index (χ1n) is 8.08. The highest BCUT2D eigenvalue weighted by Gasteiger charge is 2.12. The van der Waals surface area contributed by atoms with E-state index in [1.807, 2.05) is 0 Å². The van der Waals surface area contributed by atoms with Crippen molar-refractivity contribution in [3.05, 3.63) is 94.5 Å². The van der Waals surface area contributed by atoms with Crippen molar-refractivity contribution in [2.45, 2.75) is 4.90 Å². The summed E-state index contributed by atoms with van der Waals surface area (Å²) in [5, 5.41) is 0.499. The molecule has 0 saturated carbocycles. The first-order chi connectivity index (χ1) is 13.3. The van der Waals surface area contributed by atoms with E-state index in [-0.39, 0.29) is 11.4 Å². The van der Waals surface area contributed by atoms with Crippen molar-refractivity contribution in [2.24, 2.45) is 4.36 Å². The molecule has 0 N–H and O–H groups in total. The number of carbonyl (C=O) groups excluding carboxylic acids is 1. The molecule has 28 heavy (non-hydrogen) atoms. The van der Waals surface area contributed by atoms with Crippen LogP contribution >= 0.6 is 11.6 Å². The standard InChI is InChI=1S/C21H14ClFN2O2S/c1-28(27,20-9-7-18(22)8-10-20)25-21(26)17-11-16(13-24-14-17)6-5-15-3-2-4-19(23)12-15/h2-4,7-14H,1H3. The smallest absolute Gasteiger partial charge is 0.266 e. The number of benzene rings is 2. The van der Waals surface area contributed by atoms with E-state index in [2.05, 4.69) is 21.2 Å². The Morgan fingerprint density at radius 1 is 1.07 bits per heavy atom. The molecule has 0 fully saturated rings. The summed E-state index contributed by atoms with van der Waals surface area (Å²) in [6, 6.07) is 13.7. The lowest BCUT2D eigenvalue weighted by Crippen LogP contribution is -2.04. The normalized spacial score (nSPS) is 12.4. The minimum Gasteiger partial charge on any atom is -0.266 e. The third-order valence-corrected chi connectivity index (χ3v) is 5.58. The Morgan fingerprint density at radius 3 is 2.50 bits per heavy atom. The lowest BCUT2D eigenvalue weighted by Gasteiger charge is -2.04. The summed E-state index contributed by atoms with van der Waals surface area (Å²) in [5.74, 6) is 4.59. The first-order valence-corrected chi connectivity index (χ1v) is 10.4. The Balaban J connectivity index is 1.88. The van der Waals surface area contributed by atoms with E-state index < -0.39 is 15.6 Å². The number of pyridine rings is 1. The Labute approximate surface area is 167 Å². The number of amides is 1. The molecule has 0 saturated heterocycles. The Kier molecular flexibility index (Phi) is 5.88. The highest BCUT2D eigenvalue weighted by molar-refractivity contribution is 7.93. The molecule has 1 amide bonds. The number of aromatic nitrogens is 1. The predicted octanol–water partition coefficient (Wildman–Crippen LogP) is 4.57. The van der Waals surface area contributed by atoms with Crippen LogP contribution in [0.3, 0.4) is 0 Å². The van der Waals surface area contributed by atoms with Crippen molar-refractivity contribution in [2.75, 3.05) is 6.26 Å². The van der Waals surface area contributed by atoms with Gasteiger partial charge >= 0.3 is 0 Å². The zero-order valence-electron chi connectivity index (χ0n) is 14.7. The van der Waals surface area contributed by atoms with E-state index in [4.69, 9.17) is 11.6 Å². The van der Waals surface area contributed by atoms with Gasteiger partial charge in [0.1, 0.15) is 5.82 Å². The molecule has 0 spiro atoms. The summed E-state index contributed by atoms with van der Waals surface area (Å²) in [6.07, 6.45) is 4.19. The van der Waals surface area contributed by atoms with Crippen LogP contribution in [-0.2, 0) is 9.73 Å². The Morgan fingerprint density at radius 2 is 1.79 bits per heavy atom. The fraction of sp³-hybridized carbons (Fsp3) is 0.0476. The number of hydrogen-bond acceptors (Lipinski definition) is 3. The van der Waals surface area contributed by atoms with Gasteiger partial charge in [-0.1, -0.05) is 29.5 Å². The molecule has 140 valence electrons. The molecule has 1 unspecified atom stereocenters. The molecule has 0 aliphatic heterocycles. The molecule has 1 aromatic heterocycles. The van der Waals surface area contributed by atoms with Gasteiger partial charge in [0, 0.05) is 39.7 Å². The number of hydrogen-bond donors (Lipinski definition) is 0. The summed E-state index contributed by atoms with van der Waals surface area (Å²) in [4.78, 5) is 16.8. The molecule has 0 radical (unpaired) electrons. The minimum absolute atomic E-state index is 0.162. The molecular weight excluding hydrogens is 399 g/mol. The fourth-order valence-electron chi connectivity index (χ4n) is 2.29. The molecular formula is C21H14ClFN2O2S.